The monoisotopic (exact) mass is 204 g/mol. The van der Waals surface area contributed by atoms with Gasteiger partial charge in [-0.1, -0.05) is 13.8 Å². The number of rotatable bonds is 4. The van der Waals surface area contributed by atoms with Crippen LogP contribution in [0.4, 0.5) is 0 Å². The molecule has 1 rings (SSSR count). The van der Waals surface area contributed by atoms with Crippen LogP contribution in [-0.2, 0) is 14.6 Å². The first kappa shape index (κ1) is 10.7. The minimum atomic E-state index is -2.88. The van der Waals surface area contributed by atoms with Gasteiger partial charge < -0.3 is 4.79 Å². The predicted octanol–water partition coefficient (Wildman–Crippen LogP) is 1.04. The van der Waals surface area contributed by atoms with Gasteiger partial charge in [0.25, 0.3) is 0 Å². The van der Waals surface area contributed by atoms with Crippen molar-refractivity contribution in [2.75, 3.05) is 11.5 Å². The third-order valence-corrected chi connectivity index (χ3v) is 4.51. The summed E-state index contributed by atoms with van der Waals surface area (Å²) < 4.78 is 21.9. The van der Waals surface area contributed by atoms with Crippen LogP contribution in [0.3, 0.4) is 0 Å². The predicted molar refractivity (Wildman–Crippen MR) is 51.2 cm³/mol. The average Bonchev–Trinajstić information content (AvgIpc) is 1.96. The van der Waals surface area contributed by atoms with Crippen LogP contribution in [0, 0.1) is 11.3 Å². The van der Waals surface area contributed by atoms with E-state index in [2.05, 4.69) is 13.8 Å². The maximum absolute atomic E-state index is 10.9. The van der Waals surface area contributed by atoms with E-state index in [9.17, 15) is 13.2 Å². The Morgan fingerprint density at radius 3 is 2.23 bits per heavy atom. The van der Waals surface area contributed by atoms with E-state index in [1.165, 1.54) is 0 Å². The van der Waals surface area contributed by atoms with E-state index in [4.69, 9.17) is 0 Å². The molecule has 3 nitrogen and oxygen atoms in total. The lowest BCUT2D eigenvalue weighted by atomic mass is 9.86. The Balaban J connectivity index is 2.51. The summed E-state index contributed by atoms with van der Waals surface area (Å²) in [5.74, 6) is 0.659. The molecule has 0 atom stereocenters. The van der Waals surface area contributed by atoms with Gasteiger partial charge in [0.1, 0.15) is 6.29 Å². The third-order valence-electron chi connectivity index (χ3n) is 2.48. The maximum atomic E-state index is 10.9. The number of hydrogen-bond donors (Lipinski definition) is 0. The molecule has 0 amide bonds. The van der Waals surface area contributed by atoms with Crippen LogP contribution in [0.1, 0.15) is 26.7 Å². The lowest BCUT2D eigenvalue weighted by Crippen LogP contribution is -2.49. The van der Waals surface area contributed by atoms with E-state index >= 15 is 0 Å². The lowest BCUT2D eigenvalue weighted by molar-refractivity contribution is -0.115. The number of sulfone groups is 1. The van der Waals surface area contributed by atoms with Crippen molar-refractivity contribution >= 4 is 16.1 Å². The molecule has 1 heterocycles. The molecular formula is C9H16O3S. The zero-order valence-electron chi connectivity index (χ0n) is 8.12. The van der Waals surface area contributed by atoms with E-state index in [1.54, 1.807) is 0 Å². The molecule has 0 bridgehead atoms. The highest BCUT2D eigenvalue weighted by atomic mass is 32.2. The van der Waals surface area contributed by atoms with Crippen molar-refractivity contribution in [3.05, 3.63) is 0 Å². The highest BCUT2D eigenvalue weighted by Crippen LogP contribution is 2.36. The fourth-order valence-corrected chi connectivity index (χ4v) is 3.77. The minimum absolute atomic E-state index is 0.0657. The van der Waals surface area contributed by atoms with Crippen molar-refractivity contribution < 1.29 is 13.2 Å². The smallest absolute Gasteiger partial charge is 0.152 e. The molecule has 0 spiro atoms. The second-order valence-corrected chi connectivity index (χ2v) is 6.51. The van der Waals surface area contributed by atoms with Gasteiger partial charge in [0, 0.05) is 0 Å². The van der Waals surface area contributed by atoms with E-state index < -0.39 is 15.3 Å². The molecule has 0 radical (unpaired) electrons. The standard InChI is InChI=1S/C9H16O3S/c1-8(2)3-4-9(5-10)6-13(11,12)7-9/h5,8H,3-4,6-7H2,1-2H3. The topological polar surface area (TPSA) is 51.2 Å². The van der Waals surface area contributed by atoms with Crippen LogP contribution in [0.5, 0.6) is 0 Å². The third kappa shape index (κ3) is 2.53. The first-order valence-electron chi connectivity index (χ1n) is 4.56. The van der Waals surface area contributed by atoms with Gasteiger partial charge in [0.2, 0.25) is 0 Å². The van der Waals surface area contributed by atoms with Gasteiger partial charge in [-0.15, -0.1) is 0 Å². The van der Waals surface area contributed by atoms with Crippen LogP contribution < -0.4 is 0 Å². The van der Waals surface area contributed by atoms with Gasteiger partial charge in [-0.05, 0) is 18.8 Å². The molecular weight excluding hydrogens is 188 g/mol. The maximum Gasteiger partial charge on any atom is 0.152 e. The Morgan fingerprint density at radius 1 is 1.38 bits per heavy atom. The second-order valence-electron chi connectivity index (χ2n) is 4.44. The molecule has 0 aliphatic carbocycles. The molecule has 0 aromatic rings. The molecule has 1 aliphatic heterocycles. The van der Waals surface area contributed by atoms with E-state index in [-0.39, 0.29) is 11.5 Å². The van der Waals surface area contributed by atoms with Crippen LogP contribution in [0.25, 0.3) is 0 Å². The molecule has 0 unspecified atom stereocenters. The van der Waals surface area contributed by atoms with E-state index in [1.807, 2.05) is 0 Å². The number of hydrogen-bond acceptors (Lipinski definition) is 3. The normalized spacial score (nSPS) is 23.9. The first-order valence-corrected chi connectivity index (χ1v) is 6.38. The van der Waals surface area contributed by atoms with Gasteiger partial charge in [-0.2, -0.15) is 0 Å². The summed E-state index contributed by atoms with van der Waals surface area (Å²) >= 11 is 0. The molecule has 1 aliphatic rings. The molecule has 13 heavy (non-hydrogen) atoms. The van der Waals surface area contributed by atoms with Crippen LogP contribution in [0.15, 0.2) is 0 Å². The van der Waals surface area contributed by atoms with Crippen LogP contribution in [0.2, 0.25) is 0 Å². The molecule has 1 saturated heterocycles. The highest BCUT2D eigenvalue weighted by Gasteiger charge is 2.47. The molecule has 0 saturated carbocycles. The van der Waals surface area contributed by atoms with E-state index in [0.29, 0.717) is 12.3 Å². The summed E-state index contributed by atoms with van der Waals surface area (Å²) in [6, 6.07) is 0. The highest BCUT2D eigenvalue weighted by molar-refractivity contribution is 7.93. The Kier molecular flexibility index (Phi) is 2.80. The van der Waals surface area contributed by atoms with Gasteiger partial charge >= 0.3 is 0 Å². The largest absolute Gasteiger partial charge is 0.303 e. The van der Waals surface area contributed by atoms with Crippen LogP contribution >= 0.6 is 0 Å². The number of carbonyl (C=O) groups excluding carboxylic acids is 1. The molecule has 0 N–H and O–H groups in total. The lowest BCUT2D eigenvalue weighted by Gasteiger charge is -2.36. The second kappa shape index (κ2) is 3.40. The van der Waals surface area contributed by atoms with Crippen molar-refractivity contribution in [2.45, 2.75) is 26.7 Å². The van der Waals surface area contributed by atoms with Gasteiger partial charge in [0.15, 0.2) is 9.84 Å². The molecule has 0 aromatic carbocycles. The summed E-state index contributed by atoms with van der Waals surface area (Å²) in [5.41, 5.74) is -0.539. The van der Waals surface area contributed by atoms with E-state index in [0.717, 1.165) is 12.7 Å². The zero-order chi connectivity index (χ0) is 10.1. The summed E-state index contributed by atoms with van der Waals surface area (Å²) in [6.07, 6.45) is 2.47. The first-order chi connectivity index (χ1) is 5.89. The summed E-state index contributed by atoms with van der Waals surface area (Å²) in [6.45, 7) is 4.15. The van der Waals surface area contributed by atoms with Gasteiger partial charge in [-0.25, -0.2) is 8.42 Å². The summed E-state index contributed by atoms with van der Waals surface area (Å²) in [7, 11) is -2.88. The minimum Gasteiger partial charge on any atom is -0.303 e. The number of carbonyl (C=O) groups is 1. The van der Waals surface area contributed by atoms with Crippen molar-refractivity contribution in [1.82, 2.24) is 0 Å². The Bertz CT molecular complexity index is 278. The quantitative estimate of drug-likeness (QED) is 0.643. The summed E-state index contributed by atoms with van der Waals surface area (Å²) in [5, 5.41) is 0. The van der Waals surface area contributed by atoms with Crippen molar-refractivity contribution in [3.8, 4) is 0 Å². The zero-order valence-corrected chi connectivity index (χ0v) is 8.93. The van der Waals surface area contributed by atoms with Crippen molar-refractivity contribution in [2.24, 2.45) is 11.3 Å². The van der Waals surface area contributed by atoms with Crippen molar-refractivity contribution in [3.63, 3.8) is 0 Å². The fraction of sp³-hybridized carbons (Fsp3) is 0.889. The number of aldehydes is 1. The molecule has 1 fully saturated rings. The Morgan fingerprint density at radius 2 is 1.92 bits per heavy atom. The molecule has 0 aromatic heterocycles. The fourth-order valence-electron chi connectivity index (χ4n) is 1.68. The molecule has 76 valence electrons. The van der Waals surface area contributed by atoms with Gasteiger partial charge in [0.05, 0.1) is 16.9 Å². The SMILES string of the molecule is CC(C)CCC1(C=O)CS(=O)(=O)C1. The van der Waals surface area contributed by atoms with Crippen molar-refractivity contribution in [1.29, 1.82) is 0 Å². The Labute approximate surface area is 79.4 Å². The molecule has 4 heteroatoms. The average molecular weight is 204 g/mol. The van der Waals surface area contributed by atoms with Gasteiger partial charge in [-0.3, -0.25) is 0 Å². The van der Waals surface area contributed by atoms with Crippen LogP contribution in [-0.4, -0.2) is 26.2 Å². The Hall–Kier alpha value is -0.380. The summed E-state index contributed by atoms with van der Waals surface area (Å²) in [4.78, 5) is 10.7.